The Kier molecular flexibility index (Phi) is 7.98. The van der Waals surface area contributed by atoms with Crippen LogP contribution in [0, 0.1) is 0 Å². The number of carbonyl (C=O) groups is 1. The van der Waals surface area contributed by atoms with Gasteiger partial charge >= 0.3 is 0 Å². The van der Waals surface area contributed by atoms with Gasteiger partial charge in [-0.25, -0.2) is 0 Å². The normalized spacial score (nSPS) is 15.4. The predicted molar refractivity (Wildman–Crippen MR) is 97.9 cm³/mol. The van der Waals surface area contributed by atoms with Crippen molar-refractivity contribution in [3.8, 4) is 11.5 Å². The first-order valence-electron chi connectivity index (χ1n) is 8.10. The molecule has 1 saturated heterocycles. The van der Waals surface area contributed by atoms with E-state index in [1.807, 2.05) is 30.0 Å². The highest BCUT2D eigenvalue weighted by Crippen LogP contribution is 2.27. The van der Waals surface area contributed by atoms with Crippen LogP contribution in [0.15, 0.2) is 24.3 Å². The molecule has 24 heavy (non-hydrogen) atoms. The van der Waals surface area contributed by atoms with E-state index in [1.165, 1.54) is 0 Å². The molecule has 0 spiro atoms. The number of ether oxygens (including phenoxy) is 3. The summed E-state index contributed by atoms with van der Waals surface area (Å²) >= 11 is 1.91. The number of thioether (sulfide) groups is 1. The lowest BCUT2D eigenvalue weighted by atomic mass is 10.2. The molecule has 0 radical (unpaired) electrons. The molecular formula is C18H25NO4S. The van der Waals surface area contributed by atoms with E-state index in [9.17, 15) is 4.79 Å². The maximum Gasteiger partial charge on any atom is 0.244 e. The summed E-state index contributed by atoms with van der Waals surface area (Å²) in [7, 11) is 3.19. The summed E-state index contributed by atoms with van der Waals surface area (Å²) < 4.78 is 15.8. The fraction of sp³-hybridized carbons (Fsp3) is 0.500. The molecule has 0 saturated carbocycles. The van der Waals surface area contributed by atoms with Crippen molar-refractivity contribution >= 4 is 23.7 Å². The fourth-order valence-corrected chi connectivity index (χ4v) is 3.51. The molecule has 0 atom stereocenters. The third-order valence-electron chi connectivity index (χ3n) is 3.76. The molecule has 1 amide bonds. The lowest BCUT2D eigenvalue weighted by molar-refractivity contribution is -0.116. The Morgan fingerprint density at radius 2 is 2.04 bits per heavy atom. The second-order valence-electron chi connectivity index (χ2n) is 5.42. The predicted octanol–water partition coefficient (Wildman–Crippen LogP) is 2.75. The Bertz CT molecular complexity index is 556. The largest absolute Gasteiger partial charge is 0.493 e. The molecule has 1 fully saturated rings. The molecule has 1 heterocycles. The average molecular weight is 351 g/mol. The van der Waals surface area contributed by atoms with Gasteiger partial charge in [0.2, 0.25) is 5.91 Å². The van der Waals surface area contributed by atoms with E-state index in [2.05, 4.69) is 5.32 Å². The Morgan fingerprint density at radius 3 is 2.75 bits per heavy atom. The fourth-order valence-electron chi connectivity index (χ4n) is 2.43. The molecular weight excluding hydrogens is 326 g/mol. The van der Waals surface area contributed by atoms with Gasteiger partial charge in [-0.2, -0.15) is 11.8 Å². The number of methoxy groups -OCH3 is 2. The van der Waals surface area contributed by atoms with Gasteiger partial charge in [0.25, 0.3) is 0 Å². The van der Waals surface area contributed by atoms with Crippen LogP contribution in [-0.2, 0) is 9.53 Å². The van der Waals surface area contributed by atoms with Crippen molar-refractivity contribution in [3.63, 3.8) is 0 Å². The number of nitrogens with one attached hydrogen (secondary N) is 1. The highest BCUT2D eigenvalue weighted by molar-refractivity contribution is 7.99. The molecule has 0 unspecified atom stereocenters. The number of carbonyl (C=O) groups excluding carboxylic acids is 1. The highest BCUT2D eigenvalue weighted by Gasteiger charge is 2.13. The minimum Gasteiger partial charge on any atom is -0.493 e. The van der Waals surface area contributed by atoms with E-state index < -0.39 is 0 Å². The molecule has 1 aromatic carbocycles. The van der Waals surface area contributed by atoms with Gasteiger partial charge in [0.15, 0.2) is 11.5 Å². The second kappa shape index (κ2) is 10.3. The summed E-state index contributed by atoms with van der Waals surface area (Å²) in [4.78, 5) is 11.9. The molecule has 132 valence electrons. The smallest absolute Gasteiger partial charge is 0.244 e. The van der Waals surface area contributed by atoms with Crippen molar-refractivity contribution in [1.82, 2.24) is 5.32 Å². The summed E-state index contributed by atoms with van der Waals surface area (Å²) in [6, 6.07) is 5.54. The van der Waals surface area contributed by atoms with E-state index in [1.54, 1.807) is 26.4 Å². The van der Waals surface area contributed by atoms with E-state index >= 15 is 0 Å². The Morgan fingerprint density at radius 1 is 1.29 bits per heavy atom. The van der Waals surface area contributed by atoms with Crippen LogP contribution in [0.1, 0.15) is 18.4 Å². The number of rotatable bonds is 8. The van der Waals surface area contributed by atoms with Crippen molar-refractivity contribution in [2.45, 2.75) is 18.1 Å². The summed E-state index contributed by atoms with van der Waals surface area (Å²) in [5.74, 6) is 2.16. The number of hydrogen-bond donors (Lipinski definition) is 1. The Hall–Kier alpha value is -1.66. The topological polar surface area (TPSA) is 56.8 Å². The highest BCUT2D eigenvalue weighted by atomic mass is 32.2. The molecule has 0 aromatic heterocycles. The van der Waals surface area contributed by atoms with E-state index in [4.69, 9.17) is 14.2 Å². The Balaban J connectivity index is 1.72. The molecule has 1 aliphatic heterocycles. The third kappa shape index (κ3) is 6.09. The Labute approximate surface area is 147 Å². The van der Waals surface area contributed by atoms with E-state index in [0.29, 0.717) is 23.3 Å². The SMILES string of the molecule is COc1ccc(/C=C/C(=O)NCCSC2CCOCC2)cc1OC. The van der Waals surface area contributed by atoms with Gasteiger partial charge in [-0.15, -0.1) is 0 Å². The van der Waals surface area contributed by atoms with E-state index in [0.717, 1.165) is 37.4 Å². The summed E-state index contributed by atoms with van der Waals surface area (Å²) in [5, 5.41) is 3.57. The molecule has 1 aromatic rings. The summed E-state index contributed by atoms with van der Waals surface area (Å²) in [5.41, 5.74) is 0.888. The molecule has 6 heteroatoms. The lowest BCUT2D eigenvalue weighted by Gasteiger charge is -2.21. The monoisotopic (exact) mass is 351 g/mol. The van der Waals surface area contributed by atoms with Crippen molar-refractivity contribution < 1.29 is 19.0 Å². The van der Waals surface area contributed by atoms with Crippen LogP contribution in [-0.4, -0.2) is 50.9 Å². The van der Waals surface area contributed by atoms with Crippen molar-refractivity contribution in [2.24, 2.45) is 0 Å². The van der Waals surface area contributed by atoms with Crippen LogP contribution in [0.2, 0.25) is 0 Å². The van der Waals surface area contributed by atoms with Gasteiger partial charge in [-0.05, 0) is 36.6 Å². The zero-order valence-electron chi connectivity index (χ0n) is 14.2. The maximum atomic E-state index is 11.9. The zero-order valence-corrected chi connectivity index (χ0v) is 15.1. The zero-order chi connectivity index (χ0) is 17.2. The molecule has 2 rings (SSSR count). The summed E-state index contributed by atoms with van der Waals surface area (Å²) in [6.45, 7) is 2.40. The van der Waals surface area contributed by atoms with Crippen LogP contribution < -0.4 is 14.8 Å². The van der Waals surface area contributed by atoms with Crippen LogP contribution in [0.3, 0.4) is 0 Å². The number of benzene rings is 1. The molecule has 0 bridgehead atoms. The first-order chi connectivity index (χ1) is 11.7. The summed E-state index contributed by atoms with van der Waals surface area (Å²) in [6.07, 6.45) is 5.53. The maximum absolute atomic E-state index is 11.9. The van der Waals surface area contributed by atoms with Gasteiger partial charge in [0.05, 0.1) is 14.2 Å². The molecule has 1 aliphatic rings. The first-order valence-corrected chi connectivity index (χ1v) is 9.15. The lowest BCUT2D eigenvalue weighted by Crippen LogP contribution is -2.25. The quantitative estimate of drug-likeness (QED) is 0.576. The van der Waals surface area contributed by atoms with Crippen molar-refractivity contribution in [3.05, 3.63) is 29.8 Å². The average Bonchev–Trinajstić information content (AvgIpc) is 2.64. The van der Waals surface area contributed by atoms with Crippen molar-refractivity contribution in [2.75, 3.05) is 39.7 Å². The first kappa shape index (κ1) is 18.7. The van der Waals surface area contributed by atoms with Gasteiger partial charge in [-0.3, -0.25) is 4.79 Å². The molecule has 5 nitrogen and oxygen atoms in total. The minimum atomic E-state index is -0.0858. The number of amides is 1. The van der Waals surface area contributed by atoms with E-state index in [-0.39, 0.29) is 5.91 Å². The van der Waals surface area contributed by atoms with Crippen LogP contribution >= 0.6 is 11.8 Å². The number of hydrogen-bond acceptors (Lipinski definition) is 5. The van der Waals surface area contributed by atoms with Crippen LogP contribution in [0.5, 0.6) is 11.5 Å². The van der Waals surface area contributed by atoms with Gasteiger partial charge < -0.3 is 19.5 Å². The molecule has 1 N–H and O–H groups in total. The van der Waals surface area contributed by atoms with Crippen LogP contribution in [0.4, 0.5) is 0 Å². The van der Waals surface area contributed by atoms with Crippen LogP contribution in [0.25, 0.3) is 6.08 Å². The second-order valence-corrected chi connectivity index (χ2v) is 6.83. The van der Waals surface area contributed by atoms with Gasteiger partial charge in [0, 0.05) is 36.8 Å². The van der Waals surface area contributed by atoms with Gasteiger partial charge in [0.1, 0.15) is 0 Å². The molecule has 0 aliphatic carbocycles. The van der Waals surface area contributed by atoms with Gasteiger partial charge in [-0.1, -0.05) is 6.07 Å². The third-order valence-corrected chi connectivity index (χ3v) is 5.14. The minimum absolute atomic E-state index is 0.0858. The van der Waals surface area contributed by atoms with Crippen molar-refractivity contribution in [1.29, 1.82) is 0 Å². The standard InChI is InChI=1S/C18H25NO4S/c1-21-16-5-3-14(13-17(16)22-2)4-6-18(20)19-9-12-24-15-7-10-23-11-8-15/h3-6,13,15H,7-12H2,1-2H3,(H,19,20)/b6-4+.